The molecule has 0 aliphatic carbocycles. The molecule has 0 spiro atoms. The Morgan fingerprint density at radius 2 is 1.93 bits per heavy atom. The van der Waals surface area contributed by atoms with Crippen molar-refractivity contribution in [2.24, 2.45) is 5.92 Å². The first-order valence-corrected chi connectivity index (χ1v) is 11.1. The van der Waals surface area contributed by atoms with E-state index in [1.165, 1.54) is 12.0 Å². The normalized spacial score (nSPS) is 18.8. The SMILES string of the molecule is CCC(=O)N1CCc2cc(C(=O)NCC3CCCN(Cc4ccccc4)C3)ccc21. The Bertz CT molecular complexity index is 897. The van der Waals surface area contributed by atoms with Gasteiger partial charge < -0.3 is 10.2 Å². The molecular weight excluding hydrogens is 374 g/mol. The van der Waals surface area contributed by atoms with Crippen LogP contribution in [-0.4, -0.2) is 42.9 Å². The van der Waals surface area contributed by atoms with Gasteiger partial charge in [0.15, 0.2) is 0 Å². The van der Waals surface area contributed by atoms with Crippen LogP contribution in [0.15, 0.2) is 48.5 Å². The van der Waals surface area contributed by atoms with Gasteiger partial charge in [0.1, 0.15) is 0 Å². The zero-order chi connectivity index (χ0) is 20.9. The number of carbonyl (C=O) groups is 2. The number of fused-ring (bicyclic) bond motifs is 1. The van der Waals surface area contributed by atoms with Gasteiger partial charge in [0.05, 0.1) is 0 Å². The van der Waals surface area contributed by atoms with Gasteiger partial charge in [0.25, 0.3) is 5.91 Å². The van der Waals surface area contributed by atoms with Crippen LogP contribution in [0.25, 0.3) is 0 Å². The summed E-state index contributed by atoms with van der Waals surface area (Å²) in [6.07, 6.45) is 3.65. The number of piperidine rings is 1. The maximum absolute atomic E-state index is 12.7. The maximum atomic E-state index is 12.7. The van der Waals surface area contributed by atoms with Crippen LogP contribution in [0.5, 0.6) is 0 Å². The molecule has 4 rings (SSSR count). The molecule has 5 heteroatoms. The first-order valence-electron chi connectivity index (χ1n) is 11.1. The Hall–Kier alpha value is -2.66. The second kappa shape index (κ2) is 9.43. The summed E-state index contributed by atoms with van der Waals surface area (Å²) in [4.78, 5) is 29.1. The van der Waals surface area contributed by atoms with Crippen LogP contribution >= 0.6 is 0 Å². The number of rotatable bonds is 6. The second-order valence-corrected chi connectivity index (χ2v) is 8.43. The number of hydrogen-bond acceptors (Lipinski definition) is 3. The van der Waals surface area contributed by atoms with Crippen molar-refractivity contribution in [3.63, 3.8) is 0 Å². The lowest BCUT2D eigenvalue weighted by Crippen LogP contribution is -2.40. The van der Waals surface area contributed by atoms with Crippen LogP contribution in [0.1, 0.15) is 47.7 Å². The molecule has 0 radical (unpaired) electrons. The molecule has 5 nitrogen and oxygen atoms in total. The Morgan fingerprint density at radius 3 is 2.73 bits per heavy atom. The van der Waals surface area contributed by atoms with Crippen molar-refractivity contribution in [2.45, 2.75) is 39.2 Å². The van der Waals surface area contributed by atoms with E-state index >= 15 is 0 Å². The van der Waals surface area contributed by atoms with Gasteiger partial charge in [0.2, 0.25) is 5.91 Å². The summed E-state index contributed by atoms with van der Waals surface area (Å²) in [6, 6.07) is 16.3. The van der Waals surface area contributed by atoms with Crippen LogP contribution in [-0.2, 0) is 17.8 Å². The van der Waals surface area contributed by atoms with E-state index in [9.17, 15) is 9.59 Å². The van der Waals surface area contributed by atoms with Gasteiger partial charge in [-0.1, -0.05) is 37.3 Å². The van der Waals surface area contributed by atoms with Gasteiger partial charge in [-0.15, -0.1) is 0 Å². The molecule has 2 aliphatic rings. The number of anilines is 1. The minimum Gasteiger partial charge on any atom is -0.352 e. The van der Waals surface area contributed by atoms with Crippen molar-refractivity contribution < 1.29 is 9.59 Å². The standard InChI is InChI=1S/C25H31N3O2/c1-2-24(29)28-14-12-21-15-22(10-11-23(21)28)25(30)26-16-20-9-6-13-27(18-20)17-19-7-4-3-5-8-19/h3-5,7-8,10-11,15,20H,2,6,9,12-14,16-18H2,1H3,(H,26,30). The monoisotopic (exact) mass is 405 g/mol. The summed E-state index contributed by atoms with van der Waals surface area (Å²) in [6.45, 7) is 6.43. The summed E-state index contributed by atoms with van der Waals surface area (Å²) in [5.74, 6) is 0.611. The van der Waals surface area contributed by atoms with E-state index in [0.717, 1.165) is 43.7 Å². The number of likely N-dealkylation sites (tertiary alicyclic amines) is 1. The van der Waals surface area contributed by atoms with Gasteiger partial charge in [-0.05, 0) is 61.1 Å². The molecule has 0 saturated carbocycles. The van der Waals surface area contributed by atoms with E-state index in [0.29, 0.717) is 31.0 Å². The molecule has 2 aromatic rings. The summed E-state index contributed by atoms with van der Waals surface area (Å²) in [7, 11) is 0. The Morgan fingerprint density at radius 1 is 1.10 bits per heavy atom. The largest absolute Gasteiger partial charge is 0.352 e. The van der Waals surface area contributed by atoms with Crippen LogP contribution in [0.2, 0.25) is 0 Å². The molecule has 1 N–H and O–H groups in total. The average Bonchev–Trinajstić information content (AvgIpc) is 3.21. The third kappa shape index (κ3) is 4.73. The van der Waals surface area contributed by atoms with Crippen molar-refractivity contribution in [1.82, 2.24) is 10.2 Å². The summed E-state index contributed by atoms with van der Waals surface area (Å²) < 4.78 is 0. The highest BCUT2D eigenvalue weighted by atomic mass is 16.2. The lowest BCUT2D eigenvalue weighted by Gasteiger charge is -2.32. The smallest absolute Gasteiger partial charge is 0.251 e. The van der Waals surface area contributed by atoms with Gasteiger partial charge in [-0.3, -0.25) is 14.5 Å². The van der Waals surface area contributed by atoms with Crippen molar-refractivity contribution in [1.29, 1.82) is 0 Å². The molecule has 1 fully saturated rings. The Balaban J connectivity index is 1.31. The Labute approximate surface area is 179 Å². The summed E-state index contributed by atoms with van der Waals surface area (Å²) in [5, 5.41) is 3.14. The molecule has 158 valence electrons. The fourth-order valence-corrected chi connectivity index (χ4v) is 4.64. The average molecular weight is 406 g/mol. The van der Waals surface area contributed by atoms with E-state index in [1.54, 1.807) is 0 Å². The zero-order valence-electron chi connectivity index (χ0n) is 17.8. The molecule has 1 atom stereocenters. The minimum atomic E-state index is -0.0155. The number of nitrogens with zero attached hydrogens (tertiary/aromatic N) is 2. The summed E-state index contributed by atoms with van der Waals surface area (Å²) in [5.41, 5.74) is 4.09. The molecule has 1 saturated heterocycles. The topological polar surface area (TPSA) is 52.7 Å². The predicted molar refractivity (Wildman–Crippen MR) is 120 cm³/mol. The Kier molecular flexibility index (Phi) is 6.48. The number of nitrogens with one attached hydrogen (secondary N) is 1. The molecule has 1 unspecified atom stereocenters. The highest BCUT2D eigenvalue weighted by molar-refractivity contribution is 5.98. The summed E-state index contributed by atoms with van der Waals surface area (Å²) >= 11 is 0. The van der Waals surface area contributed by atoms with Gasteiger partial charge >= 0.3 is 0 Å². The van der Waals surface area contributed by atoms with Gasteiger partial charge in [-0.2, -0.15) is 0 Å². The van der Waals surface area contributed by atoms with E-state index in [2.05, 4.69) is 40.5 Å². The third-order valence-corrected chi connectivity index (χ3v) is 6.24. The van der Waals surface area contributed by atoms with Crippen molar-refractivity contribution in [3.05, 3.63) is 65.2 Å². The highest BCUT2D eigenvalue weighted by Crippen LogP contribution is 2.29. The molecule has 30 heavy (non-hydrogen) atoms. The number of benzene rings is 2. The number of amides is 2. The second-order valence-electron chi connectivity index (χ2n) is 8.43. The quantitative estimate of drug-likeness (QED) is 0.799. The zero-order valence-corrected chi connectivity index (χ0v) is 17.8. The number of carbonyl (C=O) groups excluding carboxylic acids is 2. The lowest BCUT2D eigenvalue weighted by atomic mass is 9.97. The maximum Gasteiger partial charge on any atom is 0.251 e. The van der Waals surface area contributed by atoms with E-state index in [1.807, 2.05) is 30.0 Å². The van der Waals surface area contributed by atoms with Crippen molar-refractivity contribution in [3.8, 4) is 0 Å². The third-order valence-electron chi connectivity index (χ3n) is 6.24. The lowest BCUT2D eigenvalue weighted by molar-refractivity contribution is -0.118. The molecule has 2 aromatic carbocycles. The first-order chi connectivity index (χ1) is 14.6. The minimum absolute atomic E-state index is 0.0155. The first kappa shape index (κ1) is 20.6. The number of hydrogen-bond donors (Lipinski definition) is 1. The van der Waals surface area contributed by atoms with E-state index in [4.69, 9.17) is 0 Å². The fraction of sp³-hybridized carbons (Fsp3) is 0.440. The van der Waals surface area contributed by atoms with Crippen molar-refractivity contribution in [2.75, 3.05) is 31.1 Å². The predicted octanol–water partition coefficient (Wildman–Crippen LogP) is 3.63. The van der Waals surface area contributed by atoms with Crippen LogP contribution < -0.4 is 10.2 Å². The molecule has 2 heterocycles. The fourth-order valence-electron chi connectivity index (χ4n) is 4.64. The van der Waals surface area contributed by atoms with E-state index < -0.39 is 0 Å². The van der Waals surface area contributed by atoms with Crippen LogP contribution in [0.3, 0.4) is 0 Å². The molecule has 0 aromatic heterocycles. The molecule has 0 bridgehead atoms. The molecule has 2 amide bonds. The van der Waals surface area contributed by atoms with Crippen molar-refractivity contribution >= 4 is 17.5 Å². The molecule has 2 aliphatic heterocycles. The molecular formula is C25H31N3O2. The van der Waals surface area contributed by atoms with Crippen LogP contribution in [0, 0.1) is 5.92 Å². The van der Waals surface area contributed by atoms with E-state index in [-0.39, 0.29) is 11.8 Å². The van der Waals surface area contributed by atoms with Gasteiger partial charge in [-0.25, -0.2) is 0 Å². The highest BCUT2D eigenvalue weighted by Gasteiger charge is 2.25. The van der Waals surface area contributed by atoms with Gasteiger partial charge in [0, 0.05) is 43.9 Å². The van der Waals surface area contributed by atoms with Crippen LogP contribution in [0.4, 0.5) is 5.69 Å².